The second-order valence-corrected chi connectivity index (χ2v) is 6.86. The molecule has 0 aromatic carbocycles. The van der Waals surface area contributed by atoms with E-state index >= 15 is 0 Å². The summed E-state index contributed by atoms with van der Waals surface area (Å²) in [5.41, 5.74) is 1.55. The maximum Gasteiger partial charge on any atom is 0.177 e. The molecule has 8 nitrogen and oxygen atoms in total. The third-order valence-corrected chi connectivity index (χ3v) is 3.89. The molecule has 1 saturated carbocycles. The first-order valence-corrected chi connectivity index (χ1v) is 7.65. The van der Waals surface area contributed by atoms with Crippen molar-refractivity contribution in [3.63, 3.8) is 0 Å². The van der Waals surface area contributed by atoms with Gasteiger partial charge in [-0.1, -0.05) is 24.3 Å². The summed E-state index contributed by atoms with van der Waals surface area (Å²) < 4.78 is 15.1. The molecule has 1 aliphatic carbocycles. The minimum Gasteiger partial charge on any atom is -0.350 e. The Labute approximate surface area is 128 Å². The van der Waals surface area contributed by atoms with Crippen molar-refractivity contribution in [2.24, 2.45) is 5.41 Å². The highest BCUT2D eigenvalue weighted by Crippen LogP contribution is 2.34. The van der Waals surface area contributed by atoms with Crippen LogP contribution in [0.4, 0.5) is 0 Å². The fourth-order valence-corrected chi connectivity index (χ4v) is 2.40. The van der Waals surface area contributed by atoms with E-state index in [2.05, 4.69) is 34.5 Å². The van der Waals surface area contributed by atoms with E-state index in [1.165, 1.54) is 12.8 Å². The van der Waals surface area contributed by atoms with Crippen LogP contribution in [0, 0.1) is 5.41 Å². The van der Waals surface area contributed by atoms with E-state index in [-0.39, 0.29) is 11.7 Å². The fourth-order valence-electron chi connectivity index (χ4n) is 2.40. The standard InChI is InChI=1S/C14H20N6O2/c1-14(2)8-21-13(22-9-14)7-19-5-11(15-17-19)12-6-20(18-16-12)10-3-4-10/h5-6,10,13H,3-4,7-9H2,1-2H3. The van der Waals surface area contributed by atoms with Gasteiger partial charge >= 0.3 is 0 Å². The van der Waals surface area contributed by atoms with Gasteiger partial charge in [0.2, 0.25) is 0 Å². The average molecular weight is 304 g/mol. The molecule has 0 unspecified atom stereocenters. The van der Waals surface area contributed by atoms with Gasteiger partial charge in [0.05, 0.1) is 38.2 Å². The predicted molar refractivity (Wildman–Crippen MR) is 76.8 cm³/mol. The Bertz CT molecular complexity index is 650. The van der Waals surface area contributed by atoms with Crippen LogP contribution in [-0.4, -0.2) is 49.5 Å². The Morgan fingerprint density at radius 1 is 1.09 bits per heavy atom. The molecular weight excluding hydrogens is 284 g/mol. The van der Waals surface area contributed by atoms with Crippen LogP contribution >= 0.6 is 0 Å². The number of hydrogen-bond donors (Lipinski definition) is 0. The third kappa shape index (κ3) is 2.89. The molecule has 2 aliphatic rings. The molecule has 2 fully saturated rings. The van der Waals surface area contributed by atoms with Gasteiger partial charge < -0.3 is 9.47 Å². The first-order chi connectivity index (χ1) is 10.6. The van der Waals surface area contributed by atoms with E-state index in [0.717, 1.165) is 11.4 Å². The molecule has 4 rings (SSSR count). The van der Waals surface area contributed by atoms with Crippen LogP contribution in [0.5, 0.6) is 0 Å². The predicted octanol–water partition coefficient (Wildman–Crippen LogP) is 1.27. The van der Waals surface area contributed by atoms with Crippen LogP contribution in [0.25, 0.3) is 11.4 Å². The van der Waals surface area contributed by atoms with Crippen LogP contribution in [0.15, 0.2) is 12.4 Å². The molecular formula is C14H20N6O2. The van der Waals surface area contributed by atoms with E-state index in [1.54, 1.807) is 4.68 Å². The minimum absolute atomic E-state index is 0.0747. The molecule has 22 heavy (non-hydrogen) atoms. The summed E-state index contributed by atoms with van der Waals surface area (Å²) >= 11 is 0. The van der Waals surface area contributed by atoms with Crippen molar-refractivity contribution in [2.45, 2.75) is 45.6 Å². The van der Waals surface area contributed by atoms with E-state index in [1.807, 2.05) is 17.1 Å². The van der Waals surface area contributed by atoms with E-state index < -0.39 is 0 Å². The second kappa shape index (κ2) is 5.13. The molecule has 118 valence electrons. The van der Waals surface area contributed by atoms with Gasteiger partial charge in [-0.05, 0) is 12.8 Å². The summed E-state index contributed by atoms with van der Waals surface area (Å²) in [4.78, 5) is 0. The van der Waals surface area contributed by atoms with Crippen molar-refractivity contribution in [3.05, 3.63) is 12.4 Å². The lowest BCUT2D eigenvalue weighted by atomic mass is 9.96. The van der Waals surface area contributed by atoms with Crippen LogP contribution in [0.3, 0.4) is 0 Å². The number of rotatable bonds is 4. The zero-order valence-electron chi connectivity index (χ0n) is 12.8. The highest BCUT2D eigenvalue weighted by Gasteiger charge is 2.29. The molecule has 0 atom stereocenters. The van der Waals surface area contributed by atoms with Gasteiger partial charge in [-0.3, -0.25) is 0 Å². The van der Waals surface area contributed by atoms with Gasteiger partial charge in [-0.2, -0.15) is 0 Å². The Kier molecular flexibility index (Phi) is 3.23. The lowest BCUT2D eigenvalue weighted by molar-refractivity contribution is -0.227. The maximum absolute atomic E-state index is 5.71. The molecule has 0 bridgehead atoms. The first kappa shape index (κ1) is 13.8. The lowest BCUT2D eigenvalue weighted by Gasteiger charge is -2.34. The van der Waals surface area contributed by atoms with Crippen molar-refractivity contribution in [1.29, 1.82) is 0 Å². The molecule has 1 aliphatic heterocycles. The van der Waals surface area contributed by atoms with E-state index in [4.69, 9.17) is 9.47 Å². The molecule has 0 amide bonds. The van der Waals surface area contributed by atoms with Gasteiger partial charge in [0, 0.05) is 5.41 Å². The highest BCUT2D eigenvalue weighted by atomic mass is 16.7. The molecule has 2 aromatic rings. The molecule has 0 N–H and O–H groups in total. The number of nitrogens with zero attached hydrogens (tertiary/aromatic N) is 6. The van der Waals surface area contributed by atoms with Gasteiger partial charge in [0.15, 0.2) is 6.29 Å². The van der Waals surface area contributed by atoms with Crippen LogP contribution in [0.2, 0.25) is 0 Å². The first-order valence-electron chi connectivity index (χ1n) is 7.65. The van der Waals surface area contributed by atoms with Gasteiger partial charge in [0.1, 0.15) is 11.4 Å². The summed E-state index contributed by atoms with van der Waals surface area (Å²) in [6.07, 6.45) is 5.88. The fraction of sp³-hybridized carbons (Fsp3) is 0.714. The molecule has 0 radical (unpaired) electrons. The zero-order chi connectivity index (χ0) is 15.2. The molecule has 3 heterocycles. The van der Waals surface area contributed by atoms with E-state index in [0.29, 0.717) is 25.8 Å². The SMILES string of the molecule is CC1(C)COC(Cn2cc(-c3cn(C4CC4)nn3)nn2)OC1. The third-order valence-electron chi connectivity index (χ3n) is 3.89. The van der Waals surface area contributed by atoms with Crippen LogP contribution < -0.4 is 0 Å². The average Bonchev–Trinajstić information content (AvgIpc) is 3.04. The quantitative estimate of drug-likeness (QED) is 0.846. The normalized spacial score (nSPS) is 22.1. The van der Waals surface area contributed by atoms with Crippen molar-refractivity contribution >= 4 is 0 Å². The van der Waals surface area contributed by atoms with Crippen LogP contribution in [0.1, 0.15) is 32.7 Å². The summed E-state index contributed by atoms with van der Waals surface area (Å²) in [7, 11) is 0. The second-order valence-electron chi connectivity index (χ2n) is 6.86. The Morgan fingerprint density at radius 3 is 2.50 bits per heavy atom. The minimum atomic E-state index is -0.273. The van der Waals surface area contributed by atoms with Crippen molar-refractivity contribution in [3.8, 4) is 11.4 Å². The Balaban J connectivity index is 1.40. The van der Waals surface area contributed by atoms with E-state index in [9.17, 15) is 0 Å². The van der Waals surface area contributed by atoms with Crippen LogP contribution in [-0.2, 0) is 16.0 Å². The van der Waals surface area contributed by atoms with Crippen molar-refractivity contribution < 1.29 is 9.47 Å². The van der Waals surface area contributed by atoms with Gasteiger partial charge in [0.25, 0.3) is 0 Å². The summed E-state index contributed by atoms with van der Waals surface area (Å²) in [5.74, 6) is 0. The highest BCUT2D eigenvalue weighted by molar-refractivity contribution is 5.49. The largest absolute Gasteiger partial charge is 0.350 e. The molecule has 8 heteroatoms. The summed E-state index contributed by atoms with van der Waals surface area (Å²) in [6, 6.07) is 0.517. The molecule has 1 saturated heterocycles. The lowest BCUT2D eigenvalue weighted by Crippen LogP contribution is -2.39. The Morgan fingerprint density at radius 2 is 1.77 bits per heavy atom. The number of aromatic nitrogens is 6. The molecule has 0 spiro atoms. The van der Waals surface area contributed by atoms with Gasteiger partial charge in [-0.25, -0.2) is 9.36 Å². The van der Waals surface area contributed by atoms with Crippen molar-refractivity contribution in [1.82, 2.24) is 30.0 Å². The smallest absolute Gasteiger partial charge is 0.177 e. The monoisotopic (exact) mass is 304 g/mol. The summed E-state index contributed by atoms with van der Waals surface area (Å²) in [6.45, 7) is 6.16. The maximum atomic E-state index is 5.71. The topological polar surface area (TPSA) is 79.9 Å². The Hall–Kier alpha value is -1.80. The summed E-state index contributed by atoms with van der Waals surface area (Å²) in [5, 5.41) is 16.6. The number of ether oxygens (including phenoxy) is 2. The zero-order valence-corrected chi connectivity index (χ0v) is 12.8. The van der Waals surface area contributed by atoms with Gasteiger partial charge in [-0.15, -0.1) is 10.2 Å². The van der Waals surface area contributed by atoms with Crippen molar-refractivity contribution in [2.75, 3.05) is 13.2 Å². The molecule has 2 aromatic heterocycles. The number of hydrogen-bond acceptors (Lipinski definition) is 6.